The van der Waals surface area contributed by atoms with E-state index in [-0.39, 0.29) is 11.7 Å². The predicted molar refractivity (Wildman–Crippen MR) is 102 cm³/mol. The van der Waals surface area contributed by atoms with Crippen LogP contribution in [0.15, 0.2) is 59.7 Å². The number of nitrogens with two attached hydrogens (primary N) is 1. The minimum atomic E-state index is -0.390. The smallest absolute Gasteiger partial charge is 0.283 e. The highest BCUT2D eigenvalue weighted by Crippen LogP contribution is 2.33. The van der Waals surface area contributed by atoms with Crippen molar-refractivity contribution < 1.29 is 9.90 Å². The number of nitrogens with zero attached hydrogens (tertiary/aromatic N) is 1. The van der Waals surface area contributed by atoms with Gasteiger partial charge in [0.15, 0.2) is 0 Å². The molecule has 2 aromatic carbocycles. The number of hydrogen-bond acceptors (Lipinski definition) is 5. The Morgan fingerprint density at radius 3 is 2.68 bits per heavy atom. The fourth-order valence-electron chi connectivity index (χ4n) is 2.16. The van der Waals surface area contributed by atoms with E-state index in [2.05, 4.69) is 10.5 Å². The molecule has 0 fully saturated rings. The van der Waals surface area contributed by atoms with E-state index in [0.717, 1.165) is 10.4 Å². The highest BCUT2D eigenvalue weighted by molar-refractivity contribution is 7.18. The van der Waals surface area contributed by atoms with Crippen molar-refractivity contribution in [1.82, 2.24) is 5.43 Å². The maximum atomic E-state index is 12.3. The van der Waals surface area contributed by atoms with E-state index in [1.54, 1.807) is 36.4 Å². The number of amides is 1. The molecule has 0 atom stereocenters. The number of phenolic OH excluding ortho intramolecular Hbond substituents is 1. The Bertz CT molecular complexity index is 936. The number of carbonyl (C=O) groups is 1. The Kier molecular flexibility index (Phi) is 5.02. The first-order chi connectivity index (χ1) is 12.0. The van der Waals surface area contributed by atoms with Gasteiger partial charge in [-0.05, 0) is 41.5 Å². The molecule has 0 bridgehead atoms. The normalized spacial score (nSPS) is 10.9. The number of halogens is 1. The van der Waals surface area contributed by atoms with Gasteiger partial charge in [0.05, 0.1) is 11.9 Å². The topological polar surface area (TPSA) is 87.7 Å². The Morgan fingerprint density at radius 1 is 1.20 bits per heavy atom. The van der Waals surface area contributed by atoms with Crippen molar-refractivity contribution in [3.63, 3.8) is 0 Å². The largest absolute Gasteiger partial charge is 0.508 e. The first-order valence-electron chi connectivity index (χ1n) is 7.30. The second-order valence-corrected chi connectivity index (χ2v) is 6.68. The summed E-state index contributed by atoms with van der Waals surface area (Å²) in [6.07, 6.45) is 1.45. The molecule has 5 nitrogen and oxygen atoms in total. The number of hydrogen-bond donors (Lipinski definition) is 3. The third-order valence-electron chi connectivity index (χ3n) is 3.35. The number of nitrogen functional groups attached to an aromatic ring is 1. The van der Waals surface area contributed by atoms with Crippen LogP contribution in [0.1, 0.15) is 15.2 Å². The number of carbonyl (C=O) groups excluding carboxylic acids is 1. The fourth-order valence-corrected chi connectivity index (χ4v) is 3.26. The standard InChI is InChI=1S/C18H14ClN3O2S/c19-13-6-4-12(5-7-13)16-9-15(20)17(25-16)18(24)22-21-10-11-2-1-3-14(23)8-11/h1-10,23H,20H2,(H,22,24)/b21-10-. The van der Waals surface area contributed by atoms with Crippen molar-refractivity contribution in [3.8, 4) is 16.2 Å². The lowest BCUT2D eigenvalue weighted by atomic mass is 10.2. The summed E-state index contributed by atoms with van der Waals surface area (Å²) in [5.74, 6) is -0.260. The summed E-state index contributed by atoms with van der Waals surface area (Å²) in [6.45, 7) is 0. The van der Waals surface area contributed by atoms with Gasteiger partial charge in [0.1, 0.15) is 10.6 Å². The molecular formula is C18H14ClN3O2S. The van der Waals surface area contributed by atoms with Crippen molar-refractivity contribution in [2.75, 3.05) is 5.73 Å². The summed E-state index contributed by atoms with van der Waals surface area (Å²) >= 11 is 7.17. The summed E-state index contributed by atoms with van der Waals surface area (Å²) in [5, 5.41) is 13.9. The molecule has 0 saturated carbocycles. The molecule has 25 heavy (non-hydrogen) atoms. The highest BCUT2D eigenvalue weighted by atomic mass is 35.5. The molecule has 0 aliphatic carbocycles. The summed E-state index contributed by atoms with van der Waals surface area (Å²) in [4.78, 5) is 13.5. The molecule has 7 heteroatoms. The Hall–Kier alpha value is -2.83. The van der Waals surface area contributed by atoms with Crippen molar-refractivity contribution in [1.29, 1.82) is 0 Å². The number of aromatic hydroxyl groups is 1. The third kappa shape index (κ3) is 4.17. The third-order valence-corrected chi connectivity index (χ3v) is 4.80. The van der Waals surface area contributed by atoms with Crippen molar-refractivity contribution >= 4 is 40.7 Å². The molecule has 3 rings (SSSR count). The van der Waals surface area contributed by atoms with Gasteiger partial charge < -0.3 is 10.8 Å². The van der Waals surface area contributed by atoms with Crippen LogP contribution in [0, 0.1) is 0 Å². The van der Waals surface area contributed by atoms with E-state index in [1.165, 1.54) is 23.6 Å². The van der Waals surface area contributed by atoms with E-state index in [9.17, 15) is 9.90 Å². The molecule has 1 heterocycles. The van der Waals surface area contributed by atoms with Gasteiger partial charge in [-0.25, -0.2) is 5.43 Å². The molecule has 1 amide bonds. The van der Waals surface area contributed by atoms with Crippen LogP contribution >= 0.6 is 22.9 Å². The van der Waals surface area contributed by atoms with Crippen molar-refractivity contribution in [3.05, 3.63) is 70.1 Å². The lowest BCUT2D eigenvalue weighted by Gasteiger charge is -1.98. The molecule has 0 spiro atoms. The molecule has 0 unspecified atom stereocenters. The van der Waals surface area contributed by atoms with E-state index in [0.29, 0.717) is 21.2 Å². The van der Waals surface area contributed by atoms with Crippen LogP contribution in [-0.4, -0.2) is 17.2 Å². The summed E-state index contributed by atoms with van der Waals surface area (Å²) in [7, 11) is 0. The quantitative estimate of drug-likeness (QED) is 0.476. The average molecular weight is 372 g/mol. The molecule has 126 valence electrons. The van der Waals surface area contributed by atoms with Crippen LogP contribution < -0.4 is 11.2 Å². The molecule has 1 aromatic heterocycles. The molecular weight excluding hydrogens is 358 g/mol. The van der Waals surface area contributed by atoms with Crippen LogP contribution in [0.4, 0.5) is 5.69 Å². The summed E-state index contributed by atoms with van der Waals surface area (Å²) in [6, 6.07) is 15.6. The van der Waals surface area contributed by atoms with Crippen LogP contribution in [-0.2, 0) is 0 Å². The van der Waals surface area contributed by atoms with Crippen LogP contribution in [0.2, 0.25) is 5.02 Å². The second kappa shape index (κ2) is 7.38. The van der Waals surface area contributed by atoms with Gasteiger partial charge in [0.25, 0.3) is 5.91 Å². The maximum Gasteiger partial charge on any atom is 0.283 e. The van der Waals surface area contributed by atoms with Crippen molar-refractivity contribution in [2.45, 2.75) is 0 Å². The van der Waals surface area contributed by atoms with Gasteiger partial charge in [-0.1, -0.05) is 35.9 Å². The van der Waals surface area contributed by atoms with Gasteiger partial charge in [0, 0.05) is 9.90 Å². The Labute approximate surface area is 153 Å². The molecule has 0 radical (unpaired) electrons. The SMILES string of the molecule is Nc1cc(-c2ccc(Cl)cc2)sc1C(=O)N/N=C\c1cccc(O)c1. The van der Waals surface area contributed by atoms with Gasteiger partial charge in [0.2, 0.25) is 0 Å². The summed E-state index contributed by atoms with van der Waals surface area (Å²) < 4.78 is 0. The summed E-state index contributed by atoms with van der Waals surface area (Å²) in [5.41, 5.74) is 10.4. The number of benzene rings is 2. The van der Waals surface area contributed by atoms with Gasteiger partial charge in [-0.15, -0.1) is 11.3 Å². The van der Waals surface area contributed by atoms with Gasteiger partial charge in [-0.3, -0.25) is 4.79 Å². The van der Waals surface area contributed by atoms with E-state index in [1.807, 2.05) is 12.1 Å². The Balaban J connectivity index is 1.73. The molecule has 4 N–H and O–H groups in total. The van der Waals surface area contributed by atoms with Crippen LogP contribution in [0.25, 0.3) is 10.4 Å². The first kappa shape index (κ1) is 17.0. The predicted octanol–water partition coefficient (Wildman–Crippen LogP) is 4.12. The zero-order chi connectivity index (χ0) is 17.8. The molecule has 0 saturated heterocycles. The van der Waals surface area contributed by atoms with Crippen LogP contribution in [0.5, 0.6) is 5.75 Å². The molecule has 3 aromatic rings. The monoisotopic (exact) mass is 371 g/mol. The maximum absolute atomic E-state index is 12.3. The number of thiophene rings is 1. The van der Waals surface area contributed by atoms with Gasteiger partial charge >= 0.3 is 0 Å². The Morgan fingerprint density at radius 2 is 1.96 bits per heavy atom. The molecule has 0 aliphatic rings. The minimum Gasteiger partial charge on any atom is -0.508 e. The minimum absolute atomic E-state index is 0.130. The number of anilines is 1. The highest BCUT2D eigenvalue weighted by Gasteiger charge is 2.15. The lowest BCUT2D eigenvalue weighted by molar-refractivity contribution is 0.0960. The number of hydrazone groups is 1. The number of phenols is 1. The number of rotatable bonds is 4. The van der Waals surface area contributed by atoms with E-state index >= 15 is 0 Å². The van der Waals surface area contributed by atoms with Gasteiger partial charge in [-0.2, -0.15) is 5.10 Å². The van der Waals surface area contributed by atoms with Crippen molar-refractivity contribution in [2.24, 2.45) is 5.10 Å². The second-order valence-electron chi connectivity index (χ2n) is 5.20. The zero-order valence-corrected chi connectivity index (χ0v) is 14.5. The zero-order valence-electron chi connectivity index (χ0n) is 12.9. The van der Waals surface area contributed by atoms with Crippen LogP contribution in [0.3, 0.4) is 0 Å². The van der Waals surface area contributed by atoms with E-state index in [4.69, 9.17) is 17.3 Å². The molecule has 0 aliphatic heterocycles. The number of nitrogens with one attached hydrogen (secondary N) is 1. The average Bonchev–Trinajstić information content (AvgIpc) is 2.97. The van der Waals surface area contributed by atoms with E-state index < -0.39 is 0 Å². The lowest BCUT2D eigenvalue weighted by Crippen LogP contribution is -2.17. The first-order valence-corrected chi connectivity index (χ1v) is 8.50. The fraction of sp³-hybridized carbons (Fsp3) is 0.